The topological polar surface area (TPSA) is 24.9 Å². The molecule has 1 atom stereocenters. The minimum absolute atomic E-state index is 0.105. The first-order chi connectivity index (χ1) is 10.2. The van der Waals surface area contributed by atoms with E-state index in [9.17, 15) is 4.39 Å². The first kappa shape index (κ1) is 14.2. The summed E-state index contributed by atoms with van der Waals surface area (Å²) in [6.07, 6.45) is 1.78. The van der Waals surface area contributed by atoms with Gasteiger partial charge in [0.1, 0.15) is 5.82 Å². The number of fused-ring (bicyclic) bond motifs is 1. The molecular formula is C17H14BrFN2. The van der Waals surface area contributed by atoms with Gasteiger partial charge >= 0.3 is 0 Å². The van der Waals surface area contributed by atoms with E-state index in [1.54, 1.807) is 18.3 Å². The predicted molar refractivity (Wildman–Crippen MR) is 86.7 cm³/mol. The highest BCUT2D eigenvalue weighted by atomic mass is 79.9. The average molecular weight is 345 g/mol. The van der Waals surface area contributed by atoms with Crippen LogP contribution in [0.4, 0.5) is 4.39 Å². The van der Waals surface area contributed by atoms with Crippen LogP contribution >= 0.6 is 15.9 Å². The second kappa shape index (κ2) is 5.92. The number of para-hydroxylation sites is 1. The Labute approximate surface area is 131 Å². The van der Waals surface area contributed by atoms with E-state index in [-0.39, 0.29) is 11.9 Å². The predicted octanol–water partition coefficient (Wildman–Crippen LogP) is 4.45. The molecule has 0 fully saturated rings. The normalized spacial score (nSPS) is 12.5. The van der Waals surface area contributed by atoms with Crippen LogP contribution in [-0.4, -0.2) is 12.0 Å². The van der Waals surface area contributed by atoms with Gasteiger partial charge in [-0.3, -0.25) is 4.98 Å². The lowest BCUT2D eigenvalue weighted by Gasteiger charge is -2.19. The molecule has 0 aliphatic heterocycles. The summed E-state index contributed by atoms with van der Waals surface area (Å²) < 4.78 is 14.3. The number of halogens is 2. The summed E-state index contributed by atoms with van der Waals surface area (Å²) in [7, 11) is 1.87. The van der Waals surface area contributed by atoms with Gasteiger partial charge in [-0.05, 0) is 52.3 Å². The van der Waals surface area contributed by atoms with Crippen molar-refractivity contribution in [3.05, 3.63) is 76.1 Å². The van der Waals surface area contributed by atoms with Crippen LogP contribution in [0.3, 0.4) is 0 Å². The molecule has 2 nitrogen and oxygen atoms in total. The molecule has 21 heavy (non-hydrogen) atoms. The number of hydrogen-bond acceptors (Lipinski definition) is 2. The van der Waals surface area contributed by atoms with Gasteiger partial charge in [-0.25, -0.2) is 4.39 Å². The van der Waals surface area contributed by atoms with E-state index in [0.717, 1.165) is 22.0 Å². The Hall–Kier alpha value is -1.78. The largest absolute Gasteiger partial charge is 0.309 e. The van der Waals surface area contributed by atoms with Gasteiger partial charge in [0.15, 0.2) is 0 Å². The summed E-state index contributed by atoms with van der Waals surface area (Å²) in [5.41, 5.74) is 2.84. The lowest BCUT2D eigenvalue weighted by Crippen LogP contribution is -2.18. The number of rotatable bonds is 3. The van der Waals surface area contributed by atoms with Gasteiger partial charge in [0.2, 0.25) is 0 Å². The fourth-order valence-corrected chi connectivity index (χ4v) is 2.80. The third-order valence-electron chi connectivity index (χ3n) is 3.54. The molecule has 0 bridgehead atoms. The van der Waals surface area contributed by atoms with Crippen molar-refractivity contribution in [3.63, 3.8) is 0 Å². The molecule has 1 unspecified atom stereocenters. The molecule has 3 aromatic rings. The Balaban J connectivity index is 2.16. The SMILES string of the molecule is CNC(c1ccc(Br)c(F)c1)c1cccc2cccnc12. The summed E-state index contributed by atoms with van der Waals surface area (Å²) in [4.78, 5) is 4.47. The molecule has 1 N–H and O–H groups in total. The lowest BCUT2D eigenvalue weighted by molar-refractivity contribution is 0.611. The van der Waals surface area contributed by atoms with Crippen LogP contribution in [0.15, 0.2) is 59.2 Å². The highest BCUT2D eigenvalue weighted by Crippen LogP contribution is 2.29. The van der Waals surface area contributed by atoms with E-state index < -0.39 is 0 Å². The monoisotopic (exact) mass is 344 g/mol. The van der Waals surface area contributed by atoms with E-state index in [2.05, 4.69) is 26.2 Å². The Bertz CT molecular complexity index is 783. The lowest BCUT2D eigenvalue weighted by atomic mass is 9.96. The molecule has 1 heterocycles. The maximum Gasteiger partial charge on any atom is 0.137 e. The average Bonchev–Trinajstić information content (AvgIpc) is 2.52. The highest BCUT2D eigenvalue weighted by Gasteiger charge is 2.16. The van der Waals surface area contributed by atoms with Crippen molar-refractivity contribution < 1.29 is 4.39 Å². The summed E-state index contributed by atoms with van der Waals surface area (Å²) in [6.45, 7) is 0. The maximum atomic E-state index is 13.8. The molecule has 0 aliphatic carbocycles. The number of nitrogens with zero attached hydrogens (tertiary/aromatic N) is 1. The van der Waals surface area contributed by atoms with Crippen LogP contribution in [0.1, 0.15) is 17.2 Å². The Morgan fingerprint density at radius 1 is 1.14 bits per heavy atom. The van der Waals surface area contributed by atoms with Gasteiger partial charge in [-0.1, -0.05) is 30.3 Å². The molecule has 4 heteroatoms. The quantitative estimate of drug-likeness (QED) is 0.759. The third kappa shape index (κ3) is 2.69. The molecule has 2 aromatic carbocycles. The van der Waals surface area contributed by atoms with Crippen molar-refractivity contribution in [2.24, 2.45) is 0 Å². The van der Waals surface area contributed by atoms with Gasteiger partial charge in [0, 0.05) is 11.6 Å². The number of benzene rings is 2. The van der Waals surface area contributed by atoms with E-state index in [0.29, 0.717) is 4.47 Å². The fraction of sp³-hybridized carbons (Fsp3) is 0.118. The molecule has 3 rings (SSSR count). The second-order valence-electron chi connectivity index (χ2n) is 4.82. The molecule has 0 amide bonds. The maximum absolute atomic E-state index is 13.8. The third-order valence-corrected chi connectivity index (χ3v) is 4.18. The van der Waals surface area contributed by atoms with Crippen molar-refractivity contribution in [1.82, 2.24) is 10.3 Å². The minimum Gasteiger partial charge on any atom is -0.309 e. The number of aromatic nitrogens is 1. The molecular weight excluding hydrogens is 331 g/mol. The van der Waals surface area contributed by atoms with E-state index in [4.69, 9.17) is 0 Å². The van der Waals surface area contributed by atoms with Crippen molar-refractivity contribution in [1.29, 1.82) is 0 Å². The van der Waals surface area contributed by atoms with E-state index in [1.165, 1.54) is 0 Å². The molecule has 106 valence electrons. The van der Waals surface area contributed by atoms with Gasteiger partial charge in [-0.2, -0.15) is 0 Å². The van der Waals surface area contributed by atoms with Crippen molar-refractivity contribution >= 4 is 26.8 Å². The Kier molecular flexibility index (Phi) is 3.99. The molecule has 0 radical (unpaired) electrons. The van der Waals surface area contributed by atoms with Crippen LogP contribution in [0.25, 0.3) is 10.9 Å². The van der Waals surface area contributed by atoms with Gasteiger partial charge in [-0.15, -0.1) is 0 Å². The van der Waals surface area contributed by atoms with Crippen molar-refractivity contribution in [2.75, 3.05) is 7.05 Å². The molecule has 1 aromatic heterocycles. The number of nitrogens with one attached hydrogen (secondary N) is 1. The first-order valence-electron chi connectivity index (χ1n) is 6.66. The summed E-state index contributed by atoms with van der Waals surface area (Å²) in [6, 6.07) is 15.1. The van der Waals surface area contributed by atoms with E-state index in [1.807, 2.05) is 43.4 Å². The zero-order valence-electron chi connectivity index (χ0n) is 11.5. The fourth-order valence-electron chi connectivity index (χ4n) is 2.55. The van der Waals surface area contributed by atoms with Gasteiger partial charge < -0.3 is 5.32 Å². The van der Waals surface area contributed by atoms with Gasteiger partial charge in [0.25, 0.3) is 0 Å². The van der Waals surface area contributed by atoms with Crippen LogP contribution in [0.2, 0.25) is 0 Å². The zero-order chi connectivity index (χ0) is 14.8. The highest BCUT2D eigenvalue weighted by molar-refractivity contribution is 9.10. The van der Waals surface area contributed by atoms with Crippen molar-refractivity contribution in [3.8, 4) is 0 Å². The van der Waals surface area contributed by atoms with E-state index >= 15 is 0 Å². The summed E-state index contributed by atoms with van der Waals surface area (Å²) >= 11 is 3.19. The molecule has 0 spiro atoms. The molecule has 0 saturated carbocycles. The summed E-state index contributed by atoms with van der Waals surface area (Å²) in [5, 5.41) is 4.33. The molecule has 0 aliphatic rings. The van der Waals surface area contributed by atoms with Gasteiger partial charge in [0.05, 0.1) is 16.0 Å². The zero-order valence-corrected chi connectivity index (χ0v) is 13.1. The smallest absolute Gasteiger partial charge is 0.137 e. The molecule has 0 saturated heterocycles. The Morgan fingerprint density at radius 2 is 1.95 bits per heavy atom. The summed E-state index contributed by atoms with van der Waals surface area (Å²) in [5.74, 6) is -0.263. The minimum atomic E-state index is -0.263. The first-order valence-corrected chi connectivity index (χ1v) is 7.46. The second-order valence-corrected chi connectivity index (χ2v) is 5.67. The number of hydrogen-bond donors (Lipinski definition) is 1. The van der Waals surface area contributed by atoms with Crippen LogP contribution in [-0.2, 0) is 0 Å². The van der Waals surface area contributed by atoms with Crippen molar-refractivity contribution in [2.45, 2.75) is 6.04 Å². The standard InChI is InChI=1S/C17H14BrFN2/c1-20-16(12-7-8-14(18)15(19)10-12)13-6-2-4-11-5-3-9-21-17(11)13/h2-10,16,20H,1H3. The Morgan fingerprint density at radius 3 is 2.71 bits per heavy atom. The van der Waals surface area contributed by atoms with Crippen LogP contribution < -0.4 is 5.32 Å². The van der Waals surface area contributed by atoms with Crippen LogP contribution in [0.5, 0.6) is 0 Å². The van der Waals surface area contributed by atoms with Crippen LogP contribution in [0, 0.1) is 5.82 Å². The number of pyridine rings is 1.